The van der Waals surface area contributed by atoms with Crippen LogP contribution in [0.5, 0.6) is 0 Å². The molecule has 3 heteroatoms. The number of hydrogen-bond acceptors (Lipinski definition) is 3. The first-order valence-electron chi connectivity index (χ1n) is 5.72. The van der Waals surface area contributed by atoms with Gasteiger partial charge in [-0.05, 0) is 37.8 Å². The molecular formula is C11H26N2O. The molecule has 0 aliphatic carbocycles. The van der Waals surface area contributed by atoms with Crippen LogP contribution >= 0.6 is 0 Å². The third-order valence-electron chi connectivity index (χ3n) is 2.60. The van der Waals surface area contributed by atoms with E-state index in [9.17, 15) is 0 Å². The third-order valence-corrected chi connectivity index (χ3v) is 2.60. The molecule has 0 bridgehead atoms. The molecule has 0 amide bonds. The summed E-state index contributed by atoms with van der Waals surface area (Å²) < 4.78 is 5.62. The average molecular weight is 202 g/mol. The molecule has 2 atom stereocenters. The highest BCUT2D eigenvalue weighted by atomic mass is 16.5. The number of hydrogen-bond donors (Lipinski definition) is 2. The van der Waals surface area contributed by atoms with E-state index in [0.717, 1.165) is 32.6 Å². The quantitative estimate of drug-likeness (QED) is 0.593. The maximum absolute atomic E-state index is 5.64. The molecule has 3 nitrogen and oxygen atoms in total. The van der Waals surface area contributed by atoms with E-state index in [2.05, 4.69) is 13.8 Å². The molecule has 0 fully saturated rings. The lowest BCUT2D eigenvalue weighted by molar-refractivity contribution is 0.0738. The number of ether oxygens (including phenoxy) is 1. The molecule has 2 unspecified atom stereocenters. The maximum Gasteiger partial charge on any atom is 0.0506 e. The van der Waals surface area contributed by atoms with Crippen LogP contribution < -0.4 is 11.5 Å². The maximum atomic E-state index is 5.64. The van der Waals surface area contributed by atoms with E-state index in [4.69, 9.17) is 16.2 Å². The summed E-state index contributed by atoms with van der Waals surface area (Å²) in [6.07, 6.45) is 3.32. The van der Waals surface area contributed by atoms with Gasteiger partial charge >= 0.3 is 0 Å². The molecule has 0 spiro atoms. The number of nitrogens with two attached hydrogens (primary N) is 2. The van der Waals surface area contributed by atoms with Crippen LogP contribution in [0.2, 0.25) is 0 Å². The standard InChI is InChI=1S/C11H26N2O/c1-3-10(2)8-14-9-11(7-13)5-4-6-12/h10-11H,3-9,12-13H2,1-2H3. The topological polar surface area (TPSA) is 61.3 Å². The lowest BCUT2D eigenvalue weighted by Crippen LogP contribution is -2.22. The molecule has 0 saturated heterocycles. The van der Waals surface area contributed by atoms with Crippen molar-refractivity contribution in [3.8, 4) is 0 Å². The van der Waals surface area contributed by atoms with Gasteiger partial charge in [-0.1, -0.05) is 20.3 Å². The molecule has 0 rings (SSSR count). The third kappa shape index (κ3) is 7.30. The van der Waals surface area contributed by atoms with E-state index in [-0.39, 0.29) is 0 Å². The first kappa shape index (κ1) is 13.9. The van der Waals surface area contributed by atoms with E-state index in [1.807, 2.05) is 0 Å². The molecule has 0 heterocycles. The summed E-state index contributed by atoms with van der Waals surface area (Å²) in [4.78, 5) is 0. The molecule has 0 aliphatic heterocycles. The van der Waals surface area contributed by atoms with Gasteiger partial charge in [0.1, 0.15) is 0 Å². The summed E-state index contributed by atoms with van der Waals surface area (Å²) in [6, 6.07) is 0. The molecular weight excluding hydrogens is 176 g/mol. The summed E-state index contributed by atoms with van der Waals surface area (Å²) in [5.41, 5.74) is 11.1. The van der Waals surface area contributed by atoms with Gasteiger partial charge in [-0.15, -0.1) is 0 Å². The Morgan fingerprint density at radius 3 is 2.43 bits per heavy atom. The van der Waals surface area contributed by atoms with Crippen LogP contribution in [-0.2, 0) is 4.74 Å². The fourth-order valence-electron chi connectivity index (χ4n) is 1.23. The summed E-state index contributed by atoms with van der Waals surface area (Å²) in [6.45, 7) is 7.50. The Bertz CT molecular complexity index is 120. The van der Waals surface area contributed by atoms with Gasteiger partial charge in [-0.25, -0.2) is 0 Å². The predicted octanol–water partition coefficient (Wildman–Crippen LogP) is 1.36. The molecule has 0 saturated carbocycles. The lowest BCUT2D eigenvalue weighted by atomic mass is 10.0. The first-order valence-corrected chi connectivity index (χ1v) is 5.72. The molecule has 0 aromatic carbocycles. The van der Waals surface area contributed by atoms with Crippen LogP contribution in [0.25, 0.3) is 0 Å². The van der Waals surface area contributed by atoms with Crippen molar-refractivity contribution in [3.05, 3.63) is 0 Å². The van der Waals surface area contributed by atoms with Crippen LogP contribution in [0.3, 0.4) is 0 Å². The lowest BCUT2D eigenvalue weighted by Gasteiger charge is -2.16. The fourth-order valence-corrected chi connectivity index (χ4v) is 1.23. The smallest absolute Gasteiger partial charge is 0.0506 e. The Morgan fingerprint density at radius 1 is 1.21 bits per heavy atom. The van der Waals surface area contributed by atoms with Gasteiger partial charge in [0.2, 0.25) is 0 Å². The second-order valence-electron chi connectivity index (χ2n) is 4.08. The second-order valence-corrected chi connectivity index (χ2v) is 4.08. The second kappa shape index (κ2) is 9.44. The van der Waals surface area contributed by atoms with Crippen molar-refractivity contribution in [2.45, 2.75) is 33.1 Å². The highest BCUT2D eigenvalue weighted by Crippen LogP contribution is 2.07. The average Bonchev–Trinajstić information content (AvgIpc) is 2.22. The Morgan fingerprint density at radius 2 is 1.93 bits per heavy atom. The molecule has 14 heavy (non-hydrogen) atoms. The van der Waals surface area contributed by atoms with Crippen molar-refractivity contribution in [2.75, 3.05) is 26.3 Å². The highest BCUT2D eigenvalue weighted by molar-refractivity contribution is 4.60. The van der Waals surface area contributed by atoms with Crippen molar-refractivity contribution in [3.63, 3.8) is 0 Å². The van der Waals surface area contributed by atoms with Gasteiger partial charge in [-0.3, -0.25) is 0 Å². The van der Waals surface area contributed by atoms with Gasteiger partial charge < -0.3 is 16.2 Å². The van der Waals surface area contributed by atoms with E-state index in [1.54, 1.807) is 0 Å². The molecule has 4 N–H and O–H groups in total. The minimum atomic E-state index is 0.489. The van der Waals surface area contributed by atoms with Crippen LogP contribution in [-0.4, -0.2) is 26.3 Å². The van der Waals surface area contributed by atoms with Gasteiger partial charge in [0, 0.05) is 6.61 Å². The summed E-state index contributed by atoms with van der Waals surface area (Å²) in [5, 5.41) is 0. The summed E-state index contributed by atoms with van der Waals surface area (Å²) in [7, 11) is 0. The van der Waals surface area contributed by atoms with Crippen molar-refractivity contribution in [2.24, 2.45) is 23.3 Å². The normalized spacial score (nSPS) is 15.4. The zero-order valence-corrected chi connectivity index (χ0v) is 9.67. The Balaban J connectivity index is 3.42. The zero-order chi connectivity index (χ0) is 10.8. The van der Waals surface area contributed by atoms with Crippen LogP contribution in [0.15, 0.2) is 0 Å². The van der Waals surface area contributed by atoms with E-state index < -0.39 is 0 Å². The van der Waals surface area contributed by atoms with Crippen molar-refractivity contribution in [1.82, 2.24) is 0 Å². The van der Waals surface area contributed by atoms with Gasteiger partial charge in [0.25, 0.3) is 0 Å². The summed E-state index contributed by atoms with van der Waals surface area (Å²) >= 11 is 0. The Kier molecular flexibility index (Phi) is 9.35. The van der Waals surface area contributed by atoms with Gasteiger partial charge in [-0.2, -0.15) is 0 Å². The summed E-state index contributed by atoms with van der Waals surface area (Å²) in [5.74, 6) is 1.14. The highest BCUT2D eigenvalue weighted by Gasteiger charge is 2.07. The molecule has 0 aromatic rings. The van der Waals surface area contributed by atoms with Crippen molar-refractivity contribution >= 4 is 0 Å². The SMILES string of the molecule is CCC(C)COCC(CN)CCCN. The van der Waals surface area contributed by atoms with Crippen LogP contribution in [0.4, 0.5) is 0 Å². The van der Waals surface area contributed by atoms with Crippen LogP contribution in [0, 0.1) is 11.8 Å². The Labute approximate surface area is 88.2 Å². The fraction of sp³-hybridized carbons (Fsp3) is 1.00. The molecule has 0 aliphatic rings. The van der Waals surface area contributed by atoms with Crippen molar-refractivity contribution < 1.29 is 4.74 Å². The van der Waals surface area contributed by atoms with Gasteiger partial charge in [0.15, 0.2) is 0 Å². The first-order chi connectivity index (χ1) is 6.74. The Hall–Kier alpha value is -0.120. The minimum absolute atomic E-state index is 0.489. The molecule has 0 aromatic heterocycles. The predicted molar refractivity (Wildman–Crippen MR) is 61.1 cm³/mol. The molecule has 86 valence electrons. The van der Waals surface area contributed by atoms with Crippen molar-refractivity contribution in [1.29, 1.82) is 0 Å². The monoisotopic (exact) mass is 202 g/mol. The van der Waals surface area contributed by atoms with E-state index in [1.165, 1.54) is 6.42 Å². The number of rotatable bonds is 9. The molecule has 0 radical (unpaired) electrons. The van der Waals surface area contributed by atoms with Crippen LogP contribution in [0.1, 0.15) is 33.1 Å². The van der Waals surface area contributed by atoms with E-state index in [0.29, 0.717) is 18.4 Å². The van der Waals surface area contributed by atoms with Gasteiger partial charge in [0.05, 0.1) is 6.61 Å². The van der Waals surface area contributed by atoms with E-state index >= 15 is 0 Å². The minimum Gasteiger partial charge on any atom is -0.381 e. The largest absolute Gasteiger partial charge is 0.381 e. The zero-order valence-electron chi connectivity index (χ0n) is 9.67.